The van der Waals surface area contributed by atoms with Gasteiger partial charge < -0.3 is 5.32 Å². The Balaban J connectivity index is 2.60. The van der Waals surface area contributed by atoms with Gasteiger partial charge in [-0.15, -0.1) is 0 Å². The van der Waals surface area contributed by atoms with Crippen LogP contribution in [0, 0.1) is 9.49 Å². The van der Waals surface area contributed by atoms with Crippen molar-refractivity contribution in [2.45, 2.75) is 26.8 Å². The van der Waals surface area contributed by atoms with Crippen LogP contribution in [0.5, 0.6) is 0 Å². The Hall–Kier alpha value is -0.630. The van der Waals surface area contributed by atoms with Crippen LogP contribution in [-0.2, 0) is 11.3 Å². The number of aromatic nitrogens is 2. The molecule has 1 N–H and O–H groups in total. The van der Waals surface area contributed by atoms with Gasteiger partial charge in [0.05, 0.1) is 6.33 Å². The molecule has 1 aromatic heterocycles. The molecule has 0 aliphatic heterocycles. The molecule has 7 heteroatoms. The summed E-state index contributed by atoms with van der Waals surface area (Å²) >= 11 is 7.53. The quantitative estimate of drug-likeness (QED) is 0.621. The number of halogens is 2. The van der Waals surface area contributed by atoms with E-state index < -0.39 is 0 Å². The number of amides is 1. The minimum Gasteiger partial charge on any atom is -0.355 e. The fourth-order valence-electron chi connectivity index (χ4n) is 1.27. The van der Waals surface area contributed by atoms with E-state index in [1.54, 1.807) is 0 Å². The third-order valence-corrected chi connectivity index (χ3v) is 3.88. The van der Waals surface area contributed by atoms with Gasteiger partial charge in [-0.2, -0.15) is 0 Å². The zero-order chi connectivity index (χ0) is 13.7. The zero-order valence-corrected chi connectivity index (χ0v) is 13.2. The molecule has 0 fully saturated rings. The van der Waals surface area contributed by atoms with E-state index in [0.717, 1.165) is 6.42 Å². The lowest BCUT2D eigenvalue weighted by molar-refractivity contribution is -0.121. The van der Waals surface area contributed by atoms with Crippen molar-refractivity contribution in [2.75, 3.05) is 6.54 Å². The van der Waals surface area contributed by atoms with Crippen molar-refractivity contribution in [3.8, 4) is 0 Å². The van der Waals surface area contributed by atoms with Gasteiger partial charge in [0.2, 0.25) is 5.91 Å². The van der Waals surface area contributed by atoms with Gasteiger partial charge in [-0.05, 0) is 34.9 Å². The largest absolute Gasteiger partial charge is 0.355 e. The summed E-state index contributed by atoms with van der Waals surface area (Å²) in [4.78, 5) is 27.2. The van der Waals surface area contributed by atoms with Crippen molar-refractivity contribution in [3.63, 3.8) is 0 Å². The number of nitrogens with one attached hydrogen (secondary N) is 1. The third kappa shape index (κ3) is 4.56. The number of nitrogens with zero attached hydrogens (tertiary/aromatic N) is 2. The van der Waals surface area contributed by atoms with Gasteiger partial charge in [0, 0.05) is 6.54 Å². The number of carbonyl (C=O) groups excluding carboxylic acids is 1. The Morgan fingerprint density at radius 3 is 2.89 bits per heavy atom. The second-order valence-electron chi connectivity index (χ2n) is 4.31. The van der Waals surface area contributed by atoms with E-state index in [1.165, 1.54) is 10.9 Å². The maximum atomic E-state index is 11.8. The van der Waals surface area contributed by atoms with E-state index >= 15 is 0 Å². The minimum absolute atomic E-state index is 0.0307. The molecule has 0 radical (unpaired) electrons. The second kappa shape index (κ2) is 7.08. The summed E-state index contributed by atoms with van der Waals surface area (Å²) in [5, 5.41) is 2.93. The zero-order valence-electron chi connectivity index (χ0n) is 10.2. The highest BCUT2D eigenvalue weighted by molar-refractivity contribution is 14.1. The van der Waals surface area contributed by atoms with Crippen LogP contribution in [0.1, 0.15) is 20.3 Å². The summed E-state index contributed by atoms with van der Waals surface area (Å²) in [6.45, 7) is 4.75. The Labute approximate surface area is 124 Å². The maximum absolute atomic E-state index is 11.8. The molecule has 100 valence electrons. The first-order chi connectivity index (χ1) is 8.41. The van der Waals surface area contributed by atoms with Crippen molar-refractivity contribution in [2.24, 2.45) is 5.92 Å². The molecule has 0 bridgehead atoms. The molecule has 0 atom stereocenters. The highest BCUT2D eigenvalue weighted by Gasteiger charge is 2.09. The predicted octanol–water partition coefficient (Wildman–Crippen LogP) is 1.66. The Morgan fingerprint density at radius 2 is 2.28 bits per heavy atom. The van der Waals surface area contributed by atoms with Gasteiger partial charge in [0.25, 0.3) is 5.56 Å². The summed E-state index contributed by atoms with van der Waals surface area (Å²) in [5.41, 5.74) is -0.297. The standard InChI is InChI=1S/C11H15ClIN3O2/c1-7(2)3-4-14-8(17)5-16-6-15-10(12)9(13)11(16)18/h6-7H,3-5H2,1-2H3,(H,14,17). The molecule has 0 aromatic carbocycles. The highest BCUT2D eigenvalue weighted by Crippen LogP contribution is 2.09. The fraction of sp³-hybridized carbons (Fsp3) is 0.545. The van der Waals surface area contributed by atoms with Crippen LogP contribution in [0.15, 0.2) is 11.1 Å². The topological polar surface area (TPSA) is 64.0 Å². The van der Waals surface area contributed by atoms with Crippen LogP contribution >= 0.6 is 34.2 Å². The van der Waals surface area contributed by atoms with Crippen LogP contribution in [0.25, 0.3) is 0 Å². The maximum Gasteiger partial charge on any atom is 0.268 e. The van der Waals surface area contributed by atoms with Crippen molar-refractivity contribution >= 4 is 40.1 Å². The second-order valence-corrected chi connectivity index (χ2v) is 5.75. The van der Waals surface area contributed by atoms with Crippen molar-refractivity contribution in [1.82, 2.24) is 14.9 Å². The lowest BCUT2D eigenvalue weighted by atomic mass is 10.1. The van der Waals surface area contributed by atoms with Crippen LogP contribution < -0.4 is 10.9 Å². The summed E-state index contributed by atoms with van der Waals surface area (Å²) in [6.07, 6.45) is 2.20. The van der Waals surface area contributed by atoms with E-state index in [1.807, 2.05) is 22.6 Å². The van der Waals surface area contributed by atoms with Crippen LogP contribution in [0.3, 0.4) is 0 Å². The summed E-state index contributed by atoms with van der Waals surface area (Å²) in [6, 6.07) is 0. The molecular formula is C11H15ClIN3O2. The van der Waals surface area contributed by atoms with Crippen molar-refractivity contribution in [3.05, 3.63) is 25.4 Å². The highest BCUT2D eigenvalue weighted by atomic mass is 127. The molecule has 0 saturated carbocycles. The molecule has 1 heterocycles. The summed E-state index contributed by atoms with van der Waals surface area (Å²) < 4.78 is 1.57. The lowest BCUT2D eigenvalue weighted by Crippen LogP contribution is -2.34. The van der Waals surface area contributed by atoms with E-state index in [0.29, 0.717) is 16.0 Å². The summed E-state index contributed by atoms with van der Waals surface area (Å²) in [5.74, 6) is 0.337. The molecule has 0 unspecified atom stereocenters. The normalized spacial score (nSPS) is 10.7. The molecule has 0 aliphatic carbocycles. The molecule has 5 nitrogen and oxygen atoms in total. The van der Waals surface area contributed by atoms with E-state index in [-0.39, 0.29) is 23.2 Å². The van der Waals surface area contributed by atoms with Crippen LogP contribution in [-0.4, -0.2) is 22.0 Å². The van der Waals surface area contributed by atoms with E-state index in [2.05, 4.69) is 24.1 Å². The number of carbonyl (C=O) groups is 1. The van der Waals surface area contributed by atoms with Crippen LogP contribution in [0.2, 0.25) is 5.15 Å². The molecule has 18 heavy (non-hydrogen) atoms. The van der Waals surface area contributed by atoms with Gasteiger partial charge in [-0.1, -0.05) is 25.4 Å². The molecule has 1 rings (SSSR count). The molecule has 0 spiro atoms. The summed E-state index contributed by atoms with van der Waals surface area (Å²) in [7, 11) is 0. The fourth-order valence-corrected chi connectivity index (χ4v) is 1.84. The SMILES string of the molecule is CC(C)CCNC(=O)Cn1cnc(Cl)c(I)c1=O. The molecule has 1 amide bonds. The first-order valence-electron chi connectivity index (χ1n) is 5.59. The number of hydrogen-bond acceptors (Lipinski definition) is 3. The first-order valence-corrected chi connectivity index (χ1v) is 7.04. The average Bonchev–Trinajstić information content (AvgIpc) is 2.29. The van der Waals surface area contributed by atoms with E-state index in [9.17, 15) is 9.59 Å². The first kappa shape index (κ1) is 15.4. The van der Waals surface area contributed by atoms with Gasteiger partial charge in [-0.25, -0.2) is 4.98 Å². The van der Waals surface area contributed by atoms with Gasteiger partial charge in [0.1, 0.15) is 15.3 Å². The molecule has 0 aliphatic rings. The van der Waals surface area contributed by atoms with Gasteiger partial charge in [-0.3, -0.25) is 14.2 Å². The monoisotopic (exact) mass is 383 g/mol. The molecule has 1 aromatic rings. The lowest BCUT2D eigenvalue weighted by Gasteiger charge is -2.08. The third-order valence-electron chi connectivity index (χ3n) is 2.30. The smallest absolute Gasteiger partial charge is 0.268 e. The Morgan fingerprint density at radius 1 is 1.61 bits per heavy atom. The minimum atomic E-state index is -0.297. The van der Waals surface area contributed by atoms with Gasteiger partial charge in [0.15, 0.2) is 0 Å². The van der Waals surface area contributed by atoms with Crippen LogP contribution in [0.4, 0.5) is 0 Å². The number of hydrogen-bond donors (Lipinski definition) is 1. The van der Waals surface area contributed by atoms with E-state index in [4.69, 9.17) is 11.6 Å². The Bertz CT molecular complexity index is 488. The molecular weight excluding hydrogens is 368 g/mol. The van der Waals surface area contributed by atoms with Gasteiger partial charge >= 0.3 is 0 Å². The Kier molecular flexibility index (Phi) is 6.07. The van der Waals surface area contributed by atoms with Crippen molar-refractivity contribution < 1.29 is 4.79 Å². The average molecular weight is 384 g/mol. The molecule has 0 saturated heterocycles. The van der Waals surface area contributed by atoms with Crippen molar-refractivity contribution in [1.29, 1.82) is 0 Å². The predicted molar refractivity (Wildman–Crippen MR) is 78.7 cm³/mol. The number of rotatable bonds is 5.